The number of pyridine rings is 2. The highest BCUT2D eigenvalue weighted by Gasteiger charge is 2.54. The number of rotatable bonds is 2. The van der Waals surface area contributed by atoms with Crippen molar-refractivity contribution < 1.29 is 122 Å². The van der Waals surface area contributed by atoms with Crippen LogP contribution in [0.25, 0.3) is 0 Å². The summed E-state index contributed by atoms with van der Waals surface area (Å²) < 4.78 is 60.3. The number of imide groups is 14. The van der Waals surface area contributed by atoms with Crippen molar-refractivity contribution in [2.45, 2.75) is 35.5 Å². The molecule has 16 amide bonds. The van der Waals surface area contributed by atoms with Gasteiger partial charge in [-0.15, -0.1) is 0 Å². The molecule has 0 radical (unpaired) electrons. The number of amides is 16. The first kappa shape index (κ1) is 75.6. The second kappa shape index (κ2) is 30.9. The van der Waals surface area contributed by atoms with Gasteiger partial charge in [0.1, 0.15) is 21.3 Å². The van der Waals surface area contributed by atoms with Gasteiger partial charge in [-0.1, -0.05) is 97.1 Å². The number of hydrogen-bond acceptors (Lipinski definition) is 28. The topological polar surface area (TPSA) is 492 Å². The van der Waals surface area contributed by atoms with Gasteiger partial charge in [-0.2, -0.15) is 8.61 Å². The minimum Gasteiger partial charge on any atom is -0.418 e. The fraction of sp³-hybridized carbons (Fsp3) is 0.0571. The maximum absolute atomic E-state index is 12.5. The highest BCUT2D eigenvalue weighted by atomic mass is 32.2. The Hall–Kier alpha value is -15.1. The number of hydrogen-bond donors (Lipinski definition) is 0. The van der Waals surface area contributed by atoms with Crippen LogP contribution in [0.2, 0.25) is 0 Å². The zero-order chi connectivity index (χ0) is 78.4. The lowest BCUT2D eigenvalue weighted by Gasteiger charge is -2.16. The molecule has 6 aromatic carbocycles. The van der Waals surface area contributed by atoms with E-state index in [9.17, 15) is 122 Å². The third-order valence-corrected chi connectivity index (χ3v) is 18.8. The predicted molar refractivity (Wildman–Crippen MR) is 353 cm³/mol. The summed E-state index contributed by atoms with van der Waals surface area (Å²) in [4.78, 5) is 261. The quantitative estimate of drug-likeness (QED) is 0.100. The summed E-state index contributed by atoms with van der Waals surface area (Å²) in [5, 5.41) is 0. The molecule has 14 rings (SSSR count). The lowest BCUT2D eigenvalue weighted by Crippen LogP contribution is -2.49. The molecular weight excluding hydrogens is 1460 g/mol. The molecule has 8 aromatic rings. The minimum atomic E-state index is -4.71. The van der Waals surface area contributed by atoms with Crippen LogP contribution >= 0.6 is 0 Å². The van der Waals surface area contributed by atoms with Gasteiger partial charge in [0.25, 0.3) is 66.6 Å². The van der Waals surface area contributed by atoms with Gasteiger partial charge in [0, 0.05) is 50.2 Å². The molecule has 2 aromatic heterocycles. The maximum Gasteiger partial charge on any atom is 0.423 e. The van der Waals surface area contributed by atoms with Crippen LogP contribution in [0.15, 0.2) is 226 Å². The SMILES string of the molecule is O=C(C(=O)N1C(=O)c2ccccc2C1=O)N1C(=O)c2ccccc2C1=O.O=C(C(=O)N1C(=O)c2ccccc2S1(=O)=O)N1C(=O)c2ccccc2S1(=O)=O.O=C(C(=O)n1ccccc1=O)n1ccccc1=O.O=C(Oc1ccccc1)C(=O)Oc1ccccc1.O=C1CCC(=O)N1C(=O)C(=O)N1C(=O)CCC1=O. The highest BCUT2D eigenvalue weighted by Crippen LogP contribution is 2.34. The van der Waals surface area contributed by atoms with Crippen LogP contribution < -0.4 is 20.6 Å². The second-order valence-electron chi connectivity index (χ2n) is 22.0. The van der Waals surface area contributed by atoms with E-state index in [4.69, 9.17) is 9.47 Å². The third kappa shape index (κ3) is 14.5. The van der Waals surface area contributed by atoms with Gasteiger partial charge in [-0.3, -0.25) is 95.9 Å². The van der Waals surface area contributed by atoms with Crippen LogP contribution in [0.4, 0.5) is 0 Å². The van der Waals surface area contributed by atoms with Crippen molar-refractivity contribution in [2.24, 2.45) is 0 Å². The molecule has 2 saturated heterocycles. The molecule has 0 aliphatic carbocycles. The van der Waals surface area contributed by atoms with Crippen molar-refractivity contribution in [3.8, 4) is 11.5 Å². The number of para-hydroxylation sites is 2. The molecule has 6 aliphatic rings. The van der Waals surface area contributed by atoms with E-state index in [1.165, 1.54) is 109 Å². The van der Waals surface area contributed by atoms with Gasteiger partial charge in [0.15, 0.2) is 0 Å². The van der Waals surface area contributed by atoms with E-state index in [1.54, 1.807) is 60.7 Å². The second-order valence-corrected chi connectivity index (χ2v) is 25.5. The van der Waals surface area contributed by atoms with E-state index >= 15 is 0 Å². The summed E-state index contributed by atoms with van der Waals surface area (Å²) in [5.41, 5.74) is -2.05. The Balaban J connectivity index is 0.000000146. The van der Waals surface area contributed by atoms with Crippen molar-refractivity contribution in [3.05, 3.63) is 261 Å². The van der Waals surface area contributed by atoms with E-state index in [-0.39, 0.29) is 87.3 Å². The van der Waals surface area contributed by atoms with Crippen molar-refractivity contribution in [2.75, 3.05) is 0 Å². The van der Waals surface area contributed by atoms with Crippen LogP contribution in [0.1, 0.15) is 97.4 Å². The third-order valence-electron chi connectivity index (χ3n) is 15.4. The Morgan fingerprint density at radius 1 is 0.259 bits per heavy atom. The fourth-order valence-electron chi connectivity index (χ4n) is 10.4. The number of sulfonamides is 2. The average Bonchev–Trinajstić information content (AvgIpc) is 1.58. The number of benzene rings is 6. The number of fused-ring (bicyclic) bond motifs is 4. The molecule has 108 heavy (non-hydrogen) atoms. The normalized spacial score (nSPS) is 15.1. The first-order valence-corrected chi connectivity index (χ1v) is 33.5. The van der Waals surface area contributed by atoms with E-state index in [0.717, 1.165) is 36.4 Å². The Labute approximate surface area is 602 Å². The van der Waals surface area contributed by atoms with Gasteiger partial charge in [0.2, 0.25) is 23.6 Å². The Bertz CT molecular complexity index is 5300. The molecule has 6 aliphatic heterocycles. The van der Waals surface area contributed by atoms with Crippen molar-refractivity contribution in [1.82, 2.24) is 37.3 Å². The monoisotopic (exact) mass is 1510 g/mol. The number of aromatic nitrogens is 2. The molecule has 542 valence electrons. The summed E-state index contributed by atoms with van der Waals surface area (Å²) in [6.07, 6.45) is 1.74. The van der Waals surface area contributed by atoms with Crippen LogP contribution in [-0.4, -0.2) is 172 Å². The number of ether oxygens (including phenoxy) is 2. The number of esters is 2. The van der Waals surface area contributed by atoms with Crippen LogP contribution in [0.5, 0.6) is 11.5 Å². The lowest BCUT2D eigenvalue weighted by atomic mass is 10.1. The van der Waals surface area contributed by atoms with Gasteiger partial charge >= 0.3 is 59.2 Å². The zero-order valence-corrected chi connectivity index (χ0v) is 55.9. The smallest absolute Gasteiger partial charge is 0.418 e. The summed E-state index contributed by atoms with van der Waals surface area (Å²) in [6, 6.07) is 45.9. The first-order valence-electron chi connectivity index (χ1n) is 30.6. The lowest BCUT2D eigenvalue weighted by molar-refractivity contribution is -0.163. The van der Waals surface area contributed by atoms with E-state index in [1.807, 2.05) is 0 Å². The molecule has 0 saturated carbocycles. The largest absolute Gasteiger partial charge is 0.423 e. The Morgan fingerprint density at radius 2 is 0.509 bits per heavy atom. The fourth-order valence-corrected chi connectivity index (χ4v) is 13.3. The molecule has 0 spiro atoms. The average molecular weight is 1510 g/mol. The van der Waals surface area contributed by atoms with E-state index in [2.05, 4.69) is 0 Å². The number of carbonyl (C=O) groups excluding carboxylic acids is 20. The van der Waals surface area contributed by atoms with Crippen LogP contribution in [0.3, 0.4) is 0 Å². The van der Waals surface area contributed by atoms with Gasteiger partial charge in [-0.25, -0.2) is 55.2 Å². The summed E-state index contributed by atoms with van der Waals surface area (Å²) >= 11 is 0. The standard InChI is InChI=1S/C18H8N2O6.C16H8N2O8S2.C14H10O4.C12H8N2O4.C10H8N2O6/c21-13-9-5-1-2-6-10(9)14(22)19(13)17(25)18(26)20-15(23)11-7-3-4-8-12(11)16(20)24;19-13-9-5-1-3-7-11(9)27(23,24)17(13)15(21)16(22)18-14(20)10-6-2-4-8-12(10)28(18,25)26;15-13(17-11-7-3-1-4-8-11)14(16)18-12-9-5-2-6-10-12;15-9-5-1-3-7-13(9)11(17)12(18)14-8-4-2-6-10(14)16;13-5-1-2-6(14)11(5)9(17)10(18)12-7(15)3-4-8(12)16/h1-8H;1-8H;1-10H;1-8H;1-4H2. The first-order chi connectivity index (χ1) is 51.3. The van der Waals surface area contributed by atoms with E-state index in [0.29, 0.717) is 20.6 Å². The number of likely N-dealkylation sites (tertiary alicyclic amines) is 2. The Kier molecular flexibility index (Phi) is 21.6. The molecule has 8 heterocycles. The maximum atomic E-state index is 12.5. The van der Waals surface area contributed by atoms with E-state index < -0.39 is 159 Å². The molecule has 0 atom stereocenters. The number of carbonyl (C=O) groups is 20. The highest BCUT2D eigenvalue weighted by molar-refractivity contribution is 7.91. The van der Waals surface area contributed by atoms with Crippen LogP contribution in [-0.2, 0) is 77.6 Å². The number of nitrogens with zero attached hydrogens (tertiary/aromatic N) is 8. The minimum absolute atomic E-state index is 0.0268. The summed E-state index contributed by atoms with van der Waals surface area (Å²) in [7, 11) is -9.42. The van der Waals surface area contributed by atoms with Crippen molar-refractivity contribution in [1.29, 1.82) is 0 Å². The Morgan fingerprint density at radius 3 is 0.787 bits per heavy atom. The predicted octanol–water partition coefficient (Wildman–Crippen LogP) is 0.887. The summed E-state index contributed by atoms with van der Waals surface area (Å²) in [6.45, 7) is 0. The van der Waals surface area contributed by atoms with Gasteiger partial charge in [-0.05, 0) is 84.9 Å². The molecule has 38 heteroatoms. The molecule has 0 unspecified atom stereocenters. The molecule has 0 N–H and O–H groups in total. The van der Waals surface area contributed by atoms with Gasteiger partial charge in [0.05, 0.1) is 33.4 Å². The zero-order valence-electron chi connectivity index (χ0n) is 54.3. The van der Waals surface area contributed by atoms with Crippen molar-refractivity contribution in [3.63, 3.8) is 0 Å². The summed E-state index contributed by atoms with van der Waals surface area (Å²) in [5.74, 6) is -23.2. The molecule has 36 nitrogen and oxygen atoms in total. The molecule has 0 bridgehead atoms. The molecule has 2 fully saturated rings. The molecular formula is C70H42N8O28S2. The van der Waals surface area contributed by atoms with Crippen molar-refractivity contribution >= 4 is 138 Å². The van der Waals surface area contributed by atoms with Crippen LogP contribution in [0, 0.1) is 0 Å². The van der Waals surface area contributed by atoms with Gasteiger partial charge < -0.3 is 9.47 Å².